The molecule has 0 aliphatic carbocycles. The van der Waals surface area contributed by atoms with E-state index >= 15 is 0 Å². The van der Waals surface area contributed by atoms with Crippen molar-refractivity contribution in [3.05, 3.63) is 35.4 Å². The topological polar surface area (TPSA) is 35.2 Å². The standard InChI is InChI=1S/C17H29NO/c1-4-6-7-15(5-2)13-19-17(12-18)16-10-8-14(3)9-11-16/h8-11,15,17H,4-7,12-13,18H2,1-3H3. The van der Waals surface area contributed by atoms with E-state index in [0.717, 1.165) is 6.61 Å². The third-order valence-electron chi connectivity index (χ3n) is 3.74. The molecule has 0 aliphatic heterocycles. The molecular weight excluding hydrogens is 234 g/mol. The number of aryl methyl sites for hydroxylation is 1. The molecule has 0 bridgehead atoms. The zero-order valence-electron chi connectivity index (χ0n) is 12.7. The van der Waals surface area contributed by atoms with Gasteiger partial charge in [0.05, 0.1) is 12.7 Å². The Bertz CT molecular complexity index is 334. The maximum absolute atomic E-state index is 6.04. The largest absolute Gasteiger partial charge is 0.372 e. The molecule has 19 heavy (non-hydrogen) atoms. The smallest absolute Gasteiger partial charge is 0.0947 e. The van der Waals surface area contributed by atoms with Gasteiger partial charge in [-0.15, -0.1) is 0 Å². The summed E-state index contributed by atoms with van der Waals surface area (Å²) < 4.78 is 6.04. The fourth-order valence-corrected chi connectivity index (χ4v) is 2.23. The highest BCUT2D eigenvalue weighted by Gasteiger charge is 2.13. The number of benzene rings is 1. The van der Waals surface area contributed by atoms with E-state index in [2.05, 4.69) is 45.0 Å². The predicted octanol–water partition coefficient (Wildman–Crippen LogP) is 4.23. The van der Waals surface area contributed by atoms with Gasteiger partial charge in [-0.3, -0.25) is 0 Å². The van der Waals surface area contributed by atoms with Gasteiger partial charge in [-0.2, -0.15) is 0 Å². The summed E-state index contributed by atoms with van der Waals surface area (Å²) in [5.41, 5.74) is 8.31. The lowest BCUT2D eigenvalue weighted by molar-refractivity contribution is 0.0299. The summed E-state index contributed by atoms with van der Waals surface area (Å²) in [4.78, 5) is 0. The summed E-state index contributed by atoms with van der Waals surface area (Å²) in [5.74, 6) is 0.666. The Kier molecular flexibility index (Phi) is 7.76. The molecule has 2 heteroatoms. The molecule has 1 aromatic carbocycles. The first-order chi connectivity index (χ1) is 9.21. The van der Waals surface area contributed by atoms with Crippen LogP contribution in [0.25, 0.3) is 0 Å². The summed E-state index contributed by atoms with van der Waals surface area (Å²) in [6.45, 7) is 7.95. The van der Waals surface area contributed by atoms with Gasteiger partial charge in [0.25, 0.3) is 0 Å². The van der Waals surface area contributed by atoms with Crippen molar-refractivity contribution >= 4 is 0 Å². The number of nitrogens with two attached hydrogens (primary N) is 1. The van der Waals surface area contributed by atoms with Crippen LogP contribution in [0.1, 0.15) is 56.8 Å². The molecule has 2 nitrogen and oxygen atoms in total. The molecular formula is C17H29NO. The lowest BCUT2D eigenvalue weighted by Gasteiger charge is -2.21. The minimum Gasteiger partial charge on any atom is -0.372 e. The van der Waals surface area contributed by atoms with Crippen LogP contribution in [0.2, 0.25) is 0 Å². The quantitative estimate of drug-likeness (QED) is 0.723. The van der Waals surface area contributed by atoms with Crippen LogP contribution in [0.15, 0.2) is 24.3 Å². The minimum absolute atomic E-state index is 0.0382. The normalized spacial score (nSPS) is 14.3. The van der Waals surface area contributed by atoms with Crippen LogP contribution in [0.3, 0.4) is 0 Å². The molecule has 0 spiro atoms. The van der Waals surface area contributed by atoms with Gasteiger partial charge in [0, 0.05) is 6.54 Å². The summed E-state index contributed by atoms with van der Waals surface area (Å²) in [6, 6.07) is 8.49. The molecule has 0 aromatic heterocycles. The van der Waals surface area contributed by atoms with Crippen molar-refractivity contribution in [1.82, 2.24) is 0 Å². The van der Waals surface area contributed by atoms with E-state index in [4.69, 9.17) is 10.5 Å². The maximum atomic E-state index is 6.04. The SMILES string of the molecule is CCCCC(CC)COC(CN)c1ccc(C)cc1. The van der Waals surface area contributed by atoms with E-state index in [1.54, 1.807) is 0 Å². The molecule has 1 rings (SSSR count). The van der Waals surface area contributed by atoms with Crippen LogP contribution in [0.5, 0.6) is 0 Å². The van der Waals surface area contributed by atoms with Crippen molar-refractivity contribution in [3.63, 3.8) is 0 Å². The van der Waals surface area contributed by atoms with Crippen LogP contribution < -0.4 is 5.73 Å². The van der Waals surface area contributed by atoms with E-state index in [0.29, 0.717) is 12.5 Å². The van der Waals surface area contributed by atoms with Crippen molar-refractivity contribution in [2.24, 2.45) is 11.7 Å². The fraction of sp³-hybridized carbons (Fsp3) is 0.647. The Labute approximate surface area is 118 Å². The lowest BCUT2D eigenvalue weighted by Crippen LogP contribution is -2.19. The van der Waals surface area contributed by atoms with E-state index in [-0.39, 0.29) is 6.10 Å². The molecule has 0 heterocycles. The first-order valence-corrected chi connectivity index (χ1v) is 7.59. The second-order valence-electron chi connectivity index (χ2n) is 5.38. The highest BCUT2D eigenvalue weighted by molar-refractivity contribution is 5.23. The summed E-state index contributed by atoms with van der Waals surface area (Å²) in [5, 5.41) is 0. The Morgan fingerprint density at radius 2 is 1.84 bits per heavy atom. The average Bonchev–Trinajstić information content (AvgIpc) is 2.44. The molecule has 0 saturated carbocycles. The lowest BCUT2D eigenvalue weighted by atomic mass is 10.00. The van der Waals surface area contributed by atoms with Crippen molar-refractivity contribution in [2.45, 2.75) is 52.6 Å². The van der Waals surface area contributed by atoms with Gasteiger partial charge in [-0.25, -0.2) is 0 Å². The summed E-state index contributed by atoms with van der Waals surface area (Å²) in [7, 11) is 0. The summed E-state index contributed by atoms with van der Waals surface area (Å²) in [6.07, 6.45) is 5.04. The number of unbranched alkanes of at least 4 members (excludes halogenated alkanes) is 1. The first-order valence-electron chi connectivity index (χ1n) is 7.59. The molecule has 2 atom stereocenters. The van der Waals surface area contributed by atoms with Gasteiger partial charge in [0.2, 0.25) is 0 Å². The number of rotatable bonds is 9. The van der Waals surface area contributed by atoms with Crippen LogP contribution in [-0.2, 0) is 4.74 Å². The Morgan fingerprint density at radius 3 is 2.37 bits per heavy atom. The number of hydrogen-bond donors (Lipinski definition) is 1. The van der Waals surface area contributed by atoms with Gasteiger partial charge in [-0.1, -0.05) is 62.9 Å². The average molecular weight is 263 g/mol. The van der Waals surface area contributed by atoms with Crippen molar-refractivity contribution in [2.75, 3.05) is 13.2 Å². The predicted molar refractivity (Wildman–Crippen MR) is 82.2 cm³/mol. The van der Waals surface area contributed by atoms with Crippen LogP contribution in [0.4, 0.5) is 0 Å². The monoisotopic (exact) mass is 263 g/mol. The van der Waals surface area contributed by atoms with Gasteiger partial charge in [0.15, 0.2) is 0 Å². The van der Waals surface area contributed by atoms with Gasteiger partial charge < -0.3 is 10.5 Å². The number of hydrogen-bond acceptors (Lipinski definition) is 2. The van der Waals surface area contributed by atoms with Crippen molar-refractivity contribution in [1.29, 1.82) is 0 Å². The Balaban J connectivity index is 2.49. The van der Waals surface area contributed by atoms with E-state index < -0.39 is 0 Å². The molecule has 2 N–H and O–H groups in total. The van der Waals surface area contributed by atoms with Crippen LogP contribution in [-0.4, -0.2) is 13.2 Å². The van der Waals surface area contributed by atoms with Gasteiger partial charge in [0.1, 0.15) is 0 Å². The van der Waals surface area contributed by atoms with E-state index in [9.17, 15) is 0 Å². The second kappa shape index (κ2) is 9.11. The van der Waals surface area contributed by atoms with E-state index in [1.807, 2.05) is 0 Å². The zero-order valence-corrected chi connectivity index (χ0v) is 12.7. The van der Waals surface area contributed by atoms with Crippen molar-refractivity contribution < 1.29 is 4.74 Å². The van der Waals surface area contributed by atoms with Gasteiger partial charge in [-0.05, 0) is 24.8 Å². The highest BCUT2D eigenvalue weighted by Crippen LogP contribution is 2.20. The number of ether oxygens (including phenoxy) is 1. The third kappa shape index (κ3) is 5.75. The first kappa shape index (κ1) is 16.2. The van der Waals surface area contributed by atoms with Crippen LogP contribution >= 0.6 is 0 Å². The second-order valence-corrected chi connectivity index (χ2v) is 5.38. The molecule has 0 saturated heterocycles. The molecule has 1 aromatic rings. The summed E-state index contributed by atoms with van der Waals surface area (Å²) >= 11 is 0. The van der Waals surface area contributed by atoms with Gasteiger partial charge >= 0.3 is 0 Å². The third-order valence-corrected chi connectivity index (χ3v) is 3.74. The Hall–Kier alpha value is -0.860. The minimum atomic E-state index is 0.0382. The fourth-order valence-electron chi connectivity index (χ4n) is 2.23. The van der Waals surface area contributed by atoms with E-state index in [1.165, 1.54) is 36.8 Å². The zero-order chi connectivity index (χ0) is 14.1. The molecule has 0 fully saturated rings. The molecule has 2 unspecified atom stereocenters. The molecule has 0 radical (unpaired) electrons. The van der Waals surface area contributed by atoms with Crippen molar-refractivity contribution in [3.8, 4) is 0 Å². The van der Waals surface area contributed by atoms with Crippen LogP contribution in [0, 0.1) is 12.8 Å². The molecule has 0 aliphatic rings. The maximum Gasteiger partial charge on any atom is 0.0947 e. The molecule has 0 amide bonds. The highest BCUT2D eigenvalue weighted by atomic mass is 16.5. The Morgan fingerprint density at radius 1 is 1.16 bits per heavy atom. The molecule has 108 valence electrons.